The molecule has 0 aliphatic rings. The number of sulfonamides is 1. The van der Waals surface area contributed by atoms with Gasteiger partial charge in [0.25, 0.3) is 0 Å². The molecule has 134 valence electrons. The summed E-state index contributed by atoms with van der Waals surface area (Å²) >= 11 is 0. The Bertz CT molecular complexity index is 833. The highest BCUT2D eigenvalue weighted by atomic mass is 32.2. The maximum absolute atomic E-state index is 12.4. The Labute approximate surface area is 148 Å². The fraction of sp³-hybridized carbons (Fsp3) is 0.294. The number of aromatic nitrogens is 1. The van der Waals surface area contributed by atoms with Gasteiger partial charge < -0.3 is 10.2 Å². The fourth-order valence-electron chi connectivity index (χ4n) is 2.19. The smallest absolute Gasteiger partial charge is 0.240 e. The van der Waals surface area contributed by atoms with Gasteiger partial charge in [-0.1, -0.05) is 13.0 Å². The fourth-order valence-corrected chi connectivity index (χ4v) is 3.20. The Morgan fingerprint density at radius 2 is 1.84 bits per heavy atom. The summed E-state index contributed by atoms with van der Waals surface area (Å²) in [6.45, 7) is 1.89. The summed E-state index contributed by atoms with van der Waals surface area (Å²) in [5.41, 5.74) is 1.34. The molecule has 0 unspecified atom stereocenters. The average molecular weight is 362 g/mol. The van der Waals surface area contributed by atoms with Crippen LogP contribution in [0.15, 0.2) is 47.5 Å². The minimum atomic E-state index is -3.66. The van der Waals surface area contributed by atoms with Crippen LogP contribution in [0.5, 0.6) is 0 Å². The van der Waals surface area contributed by atoms with Crippen LogP contribution in [0.4, 0.5) is 11.5 Å². The van der Waals surface area contributed by atoms with E-state index in [1.165, 1.54) is 12.1 Å². The molecule has 0 fully saturated rings. The van der Waals surface area contributed by atoms with E-state index in [2.05, 4.69) is 15.0 Å². The second-order valence-corrected chi connectivity index (χ2v) is 7.40. The summed E-state index contributed by atoms with van der Waals surface area (Å²) in [7, 11) is 0.0410. The Kier molecular flexibility index (Phi) is 6.11. The first-order chi connectivity index (χ1) is 11.8. The Morgan fingerprint density at radius 1 is 1.16 bits per heavy atom. The standard InChI is InChI=1S/C17H22N4O3S/c1-4-16(22)20-14-7-9-15(10-8-14)25(23,24)19-12-13-6-5-11-18-17(13)21(2)3/h5-11,19H,4,12H2,1-3H3,(H,20,22). The van der Waals surface area contributed by atoms with Crippen molar-refractivity contribution in [2.45, 2.75) is 24.8 Å². The van der Waals surface area contributed by atoms with Gasteiger partial charge in [-0.15, -0.1) is 0 Å². The lowest BCUT2D eigenvalue weighted by Gasteiger charge is -2.16. The van der Waals surface area contributed by atoms with Gasteiger partial charge in [-0.3, -0.25) is 4.79 Å². The van der Waals surface area contributed by atoms with Gasteiger partial charge in [-0.25, -0.2) is 18.1 Å². The highest BCUT2D eigenvalue weighted by Gasteiger charge is 2.15. The molecule has 0 spiro atoms. The number of rotatable bonds is 7. The van der Waals surface area contributed by atoms with Crippen LogP contribution in [0.2, 0.25) is 0 Å². The molecular formula is C17H22N4O3S. The van der Waals surface area contributed by atoms with Crippen LogP contribution in [0.25, 0.3) is 0 Å². The molecule has 0 radical (unpaired) electrons. The third-order valence-corrected chi connectivity index (χ3v) is 4.93. The number of nitrogens with one attached hydrogen (secondary N) is 2. The van der Waals surface area contributed by atoms with E-state index in [9.17, 15) is 13.2 Å². The van der Waals surface area contributed by atoms with E-state index >= 15 is 0 Å². The van der Waals surface area contributed by atoms with Crippen LogP contribution in [-0.4, -0.2) is 33.4 Å². The molecule has 0 saturated heterocycles. The van der Waals surface area contributed by atoms with E-state index in [0.717, 1.165) is 5.56 Å². The number of carbonyl (C=O) groups is 1. The lowest BCUT2D eigenvalue weighted by molar-refractivity contribution is -0.115. The number of carbonyl (C=O) groups excluding carboxylic acids is 1. The zero-order valence-electron chi connectivity index (χ0n) is 14.5. The van der Waals surface area contributed by atoms with Crippen molar-refractivity contribution in [1.29, 1.82) is 0 Å². The van der Waals surface area contributed by atoms with Crippen molar-refractivity contribution in [2.24, 2.45) is 0 Å². The minimum Gasteiger partial charge on any atom is -0.362 e. The first kappa shape index (κ1) is 18.9. The number of hydrogen-bond acceptors (Lipinski definition) is 5. The van der Waals surface area contributed by atoms with Gasteiger partial charge in [-0.05, 0) is 30.3 Å². The lowest BCUT2D eigenvalue weighted by atomic mass is 10.2. The van der Waals surface area contributed by atoms with Crippen LogP contribution in [0.1, 0.15) is 18.9 Å². The summed E-state index contributed by atoms with van der Waals surface area (Å²) in [6.07, 6.45) is 2.03. The molecule has 7 nitrogen and oxygen atoms in total. The second-order valence-electron chi connectivity index (χ2n) is 5.63. The normalized spacial score (nSPS) is 11.2. The summed E-state index contributed by atoms with van der Waals surface area (Å²) in [5.74, 6) is 0.587. The van der Waals surface area contributed by atoms with Crippen LogP contribution >= 0.6 is 0 Å². The first-order valence-electron chi connectivity index (χ1n) is 7.84. The zero-order valence-corrected chi connectivity index (χ0v) is 15.3. The third-order valence-electron chi connectivity index (χ3n) is 3.51. The van der Waals surface area contributed by atoms with Crippen LogP contribution < -0.4 is 14.9 Å². The van der Waals surface area contributed by atoms with Crippen molar-refractivity contribution in [3.8, 4) is 0 Å². The molecule has 1 aromatic carbocycles. The number of anilines is 2. The van der Waals surface area contributed by atoms with Crippen molar-refractivity contribution < 1.29 is 13.2 Å². The highest BCUT2D eigenvalue weighted by molar-refractivity contribution is 7.89. The van der Waals surface area contributed by atoms with Gasteiger partial charge in [0, 0.05) is 44.5 Å². The molecule has 0 aliphatic heterocycles. The van der Waals surface area contributed by atoms with Gasteiger partial charge in [0.05, 0.1) is 4.90 Å². The SMILES string of the molecule is CCC(=O)Nc1ccc(S(=O)(=O)NCc2cccnc2N(C)C)cc1. The summed E-state index contributed by atoms with van der Waals surface area (Å²) in [5, 5.41) is 2.68. The van der Waals surface area contributed by atoms with Gasteiger partial charge in [0.15, 0.2) is 0 Å². The molecule has 25 heavy (non-hydrogen) atoms. The predicted octanol–water partition coefficient (Wildman–Crippen LogP) is 1.97. The van der Waals surface area contributed by atoms with Crippen LogP contribution in [0, 0.1) is 0 Å². The van der Waals surface area contributed by atoms with Gasteiger partial charge in [-0.2, -0.15) is 0 Å². The Hall–Kier alpha value is -2.45. The summed E-state index contributed by atoms with van der Waals surface area (Å²) in [4.78, 5) is 17.6. The van der Waals surface area contributed by atoms with E-state index in [1.807, 2.05) is 25.1 Å². The van der Waals surface area contributed by atoms with Gasteiger partial charge >= 0.3 is 0 Å². The Balaban J connectivity index is 2.11. The molecule has 1 heterocycles. The quantitative estimate of drug-likeness (QED) is 0.786. The number of amides is 1. The zero-order chi connectivity index (χ0) is 18.4. The van der Waals surface area contributed by atoms with Crippen molar-refractivity contribution in [3.63, 3.8) is 0 Å². The lowest BCUT2D eigenvalue weighted by Crippen LogP contribution is -2.25. The highest BCUT2D eigenvalue weighted by Crippen LogP contribution is 2.17. The Morgan fingerprint density at radius 3 is 2.44 bits per heavy atom. The topological polar surface area (TPSA) is 91.4 Å². The molecular weight excluding hydrogens is 340 g/mol. The third kappa shape index (κ3) is 5.01. The molecule has 0 atom stereocenters. The van der Waals surface area contributed by atoms with E-state index < -0.39 is 10.0 Å². The maximum atomic E-state index is 12.4. The molecule has 0 bridgehead atoms. The van der Waals surface area contributed by atoms with Crippen molar-refractivity contribution >= 4 is 27.4 Å². The van der Waals surface area contributed by atoms with E-state index in [1.54, 1.807) is 31.3 Å². The van der Waals surface area contributed by atoms with Crippen LogP contribution in [-0.2, 0) is 21.4 Å². The molecule has 8 heteroatoms. The maximum Gasteiger partial charge on any atom is 0.240 e. The molecule has 2 rings (SSSR count). The molecule has 2 N–H and O–H groups in total. The summed E-state index contributed by atoms with van der Waals surface area (Å²) < 4.78 is 27.5. The first-order valence-corrected chi connectivity index (χ1v) is 9.32. The number of hydrogen-bond donors (Lipinski definition) is 2. The van der Waals surface area contributed by atoms with Crippen molar-refractivity contribution in [1.82, 2.24) is 9.71 Å². The van der Waals surface area contributed by atoms with E-state index in [-0.39, 0.29) is 17.3 Å². The molecule has 0 saturated carbocycles. The molecule has 1 amide bonds. The van der Waals surface area contributed by atoms with Gasteiger partial charge in [0.2, 0.25) is 15.9 Å². The average Bonchev–Trinajstić information content (AvgIpc) is 2.60. The van der Waals surface area contributed by atoms with Crippen LogP contribution in [0.3, 0.4) is 0 Å². The van der Waals surface area contributed by atoms with Gasteiger partial charge in [0.1, 0.15) is 5.82 Å². The monoisotopic (exact) mass is 362 g/mol. The largest absolute Gasteiger partial charge is 0.362 e. The van der Waals surface area contributed by atoms with Crippen molar-refractivity contribution in [2.75, 3.05) is 24.3 Å². The molecule has 2 aromatic rings. The number of benzene rings is 1. The summed E-state index contributed by atoms with van der Waals surface area (Å²) in [6, 6.07) is 9.65. The minimum absolute atomic E-state index is 0.124. The number of nitrogens with zero attached hydrogens (tertiary/aromatic N) is 2. The second kappa shape index (κ2) is 8.09. The molecule has 0 aliphatic carbocycles. The van der Waals surface area contributed by atoms with E-state index in [0.29, 0.717) is 17.9 Å². The number of pyridine rings is 1. The predicted molar refractivity (Wildman–Crippen MR) is 98.0 cm³/mol. The molecule has 1 aromatic heterocycles. The van der Waals surface area contributed by atoms with Crippen molar-refractivity contribution in [3.05, 3.63) is 48.2 Å². The van der Waals surface area contributed by atoms with E-state index in [4.69, 9.17) is 0 Å².